The first-order valence-corrected chi connectivity index (χ1v) is 14.8. The predicted octanol–water partition coefficient (Wildman–Crippen LogP) is 1.88. The standard InChI is InChI=1S/C28H37N7O5S/c1-3-18(2)24-26(38)30-12-6-16-35-21-17-19(8-9-20(21)32-28(35)40)25(37)29-11-5-15-34(14-4-7-23(36)33-24)27(39)22-10-13-31-41-22/h8-10,13,17-18,24H,3-7,11-12,14-16H2,1-2H3,(H,29,37)(H,30,38)(H,32,40)(H,33,36)/t18-,24-/m0/s1. The monoisotopic (exact) mass is 583 g/mol. The van der Waals surface area contributed by atoms with Gasteiger partial charge in [-0.25, -0.2) is 9.17 Å². The second-order valence-corrected chi connectivity index (χ2v) is 11.1. The number of rotatable bonds is 3. The van der Waals surface area contributed by atoms with E-state index in [1.54, 1.807) is 39.9 Å². The van der Waals surface area contributed by atoms with Crippen molar-refractivity contribution >= 4 is 46.2 Å². The number of hydrogen-bond acceptors (Lipinski definition) is 7. The van der Waals surface area contributed by atoms with Crippen molar-refractivity contribution in [3.8, 4) is 0 Å². The number of nitrogens with zero attached hydrogens (tertiary/aromatic N) is 3. The van der Waals surface area contributed by atoms with Crippen molar-refractivity contribution in [1.82, 2.24) is 34.8 Å². The summed E-state index contributed by atoms with van der Waals surface area (Å²) in [4.78, 5) is 69.4. The topological polar surface area (TPSA) is 158 Å². The van der Waals surface area contributed by atoms with Crippen molar-refractivity contribution < 1.29 is 19.2 Å². The number of nitrogens with one attached hydrogen (secondary N) is 4. The Hall–Kier alpha value is -4.00. The third kappa shape index (κ3) is 7.60. The fourth-order valence-corrected chi connectivity index (χ4v) is 5.39. The first-order chi connectivity index (χ1) is 19.8. The molecule has 1 aliphatic rings. The number of benzene rings is 1. The molecule has 0 radical (unpaired) electrons. The lowest BCUT2D eigenvalue weighted by Crippen LogP contribution is -2.50. The minimum absolute atomic E-state index is 0.0790. The summed E-state index contributed by atoms with van der Waals surface area (Å²) in [6, 6.07) is 6.01. The molecule has 0 aliphatic carbocycles. The Balaban J connectivity index is 1.55. The van der Waals surface area contributed by atoms with Crippen LogP contribution in [0.2, 0.25) is 0 Å². The molecule has 2 atom stereocenters. The summed E-state index contributed by atoms with van der Waals surface area (Å²) in [6.07, 6.45) is 3.85. The number of aromatic amines is 1. The van der Waals surface area contributed by atoms with E-state index in [0.29, 0.717) is 79.9 Å². The number of hydrogen-bond donors (Lipinski definition) is 4. The first-order valence-electron chi connectivity index (χ1n) is 14.1. The van der Waals surface area contributed by atoms with Gasteiger partial charge in [-0.2, -0.15) is 0 Å². The van der Waals surface area contributed by atoms with Gasteiger partial charge < -0.3 is 25.8 Å². The molecular weight excluding hydrogens is 546 g/mol. The van der Waals surface area contributed by atoms with Crippen LogP contribution in [-0.2, 0) is 16.1 Å². The van der Waals surface area contributed by atoms with Crippen molar-refractivity contribution in [2.24, 2.45) is 5.92 Å². The Morgan fingerprint density at radius 2 is 1.80 bits per heavy atom. The zero-order valence-corrected chi connectivity index (χ0v) is 24.2. The minimum Gasteiger partial charge on any atom is -0.354 e. The van der Waals surface area contributed by atoms with Gasteiger partial charge in [-0.3, -0.25) is 23.7 Å². The third-order valence-electron chi connectivity index (χ3n) is 7.37. The van der Waals surface area contributed by atoms with E-state index >= 15 is 0 Å². The molecule has 0 saturated carbocycles. The molecule has 0 fully saturated rings. The number of aromatic nitrogens is 3. The highest BCUT2D eigenvalue weighted by Crippen LogP contribution is 2.15. The van der Waals surface area contributed by atoms with E-state index < -0.39 is 6.04 Å². The number of carbonyl (C=O) groups excluding carboxylic acids is 4. The van der Waals surface area contributed by atoms with Crippen LogP contribution >= 0.6 is 11.5 Å². The maximum atomic E-state index is 13.1. The van der Waals surface area contributed by atoms with Crippen LogP contribution in [0.25, 0.3) is 11.0 Å². The molecule has 13 heteroatoms. The summed E-state index contributed by atoms with van der Waals surface area (Å²) in [7, 11) is 0. The maximum absolute atomic E-state index is 13.1. The first kappa shape index (κ1) is 30.0. The van der Waals surface area contributed by atoms with Crippen LogP contribution in [0, 0.1) is 5.92 Å². The van der Waals surface area contributed by atoms with E-state index in [9.17, 15) is 24.0 Å². The van der Waals surface area contributed by atoms with Gasteiger partial charge in [-0.05, 0) is 61.0 Å². The Morgan fingerprint density at radius 3 is 2.56 bits per heavy atom. The summed E-state index contributed by atoms with van der Waals surface area (Å²) in [5.41, 5.74) is 1.34. The number of fused-ring (bicyclic) bond motifs is 1. The minimum atomic E-state index is -0.688. The summed E-state index contributed by atoms with van der Waals surface area (Å²) < 4.78 is 5.57. The molecular formula is C28H37N7O5S. The van der Waals surface area contributed by atoms with E-state index in [0.717, 1.165) is 11.5 Å². The van der Waals surface area contributed by atoms with Crippen LogP contribution in [0.15, 0.2) is 35.3 Å². The van der Waals surface area contributed by atoms with E-state index in [1.165, 1.54) is 0 Å². The molecule has 3 aromatic rings. The van der Waals surface area contributed by atoms with Gasteiger partial charge in [0.2, 0.25) is 11.8 Å². The molecule has 220 valence electrons. The number of imidazole rings is 1. The Labute approximate surface area is 242 Å². The van der Waals surface area contributed by atoms with Gasteiger partial charge in [-0.1, -0.05) is 20.3 Å². The fraction of sp³-hybridized carbons (Fsp3) is 0.500. The fourth-order valence-electron chi connectivity index (χ4n) is 4.82. The number of H-pyrrole nitrogens is 1. The van der Waals surface area contributed by atoms with Gasteiger partial charge in [0.25, 0.3) is 11.8 Å². The highest BCUT2D eigenvalue weighted by Gasteiger charge is 2.26. The van der Waals surface area contributed by atoms with Gasteiger partial charge in [0, 0.05) is 50.9 Å². The Bertz CT molecular complexity index is 1430. The maximum Gasteiger partial charge on any atom is 0.326 e. The van der Waals surface area contributed by atoms with Crippen LogP contribution in [0.5, 0.6) is 0 Å². The van der Waals surface area contributed by atoms with Gasteiger partial charge in [0.15, 0.2) is 0 Å². The highest BCUT2D eigenvalue weighted by atomic mass is 32.1. The van der Waals surface area contributed by atoms with Crippen LogP contribution in [-0.4, -0.2) is 74.7 Å². The molecule has 41 heavy (non-hydrogen) atoms. The molecule has 4 amide bonds. The number of amides is 4. The van der Waals surface area contributed by atoms with Gasteiger partial charge >= 0.3 is 5.69 Å². The summed E-state index contributed by atoms with van der Waals surface area (Å²) in [5.74, 6) is -1.06. The van der Waals surface area contributed by atoms with Crippen LogP contribution < -0.4 is 21.6 Å². The molecule has 1 aromatic carbocycles. The molecule has 0 saturated heterocycles. The van der Waals surface area contributed by atoms with Crippen molar-refractivity contribution in [2.75, 3.05) is 26.2 Å². The number of carbonyl (C=O) groups is 4. The molecule has 2 bridgehead atoms. The van der Waals surface area contributed by atoms with Gasteiger partial charge in [-0.15, -0.1) is 0 Å². The van der Waals surface area contributed by atoms with Crippen molar-refractivity contribution in [1.29, 1.82) is 0 Å². The third-order valence-corrected chi connectivity index (χ3v) is 8.10. The van der Waals surface area contributed by atoms with E-state index in [1.807, 2.05) is 13.8 Å². The summed E-state index contributed by atoms with van der Waals surface area (Å²) in [5, 5.41) is 8.67. The zero-order chi connectivity index (χ0) is 29.4. The lowest BCUT2D eigenvalue weighted by Gasteiger charge is -2.24. The van der Waals surface area contributed by atoms with Crippen LogP contribution in [0.3, 0.4) is 0 Å². The lowest BCUT2D eigenvalue weighted by atomic mass is 9.98. The summed E-state index contributed by atoms with van der Waals surface area (Å²) >= 11 is 1.11. The molecule has 0 unspecified atom stereocenters. The molecule has 12 nitrogen and oxygen atoms in total. The van der Waals surface area contributed by atoms with E-state index in [2.05, 4.69) is 25.3 Å². The highest BCUT2D eigenvalue weighted by molar-refractivity contribution is 7.08. The largest absolute Gasteiger partial charge is 0.354 e. The van der Waals surface area contributed by atoms with Crippen LogP contribution in [0.1, 0.15) is 66.0 Å². The average Bonchev–Trinajstić information content (AvgIpc) is 3.61. The lowest BCUT2D eigenvalue weighted by molar-refractivity contribution is -0.130. The normalized spacial score (nSPS) is 19.2. The SMILES string of the molecule is CC[C@H](C)[C@@H]1NC(=O)CCCN(C(=O)c2ccns2)CCCNC(=O)c2ccc3[nH]c(=O)n(c3c2)CCCNC1=O. The second-order valence-electron chi connectivity index (χ2n) is 10.3. The van der Waals surface area contributed by atoms with Crippen molar-refractivity contribution in [3.63, 3.8) is 0 Å². The molecule has 4 rings (SSSR count). The summed E-state index contributed by atoms with van der Waals surface area (Å²) in [6.45, 7) is 5.61. The number of aryl methyl sites for hydroxylation is 1. The predicted molar refractivity (Wildman–Crippen MR) is 156 cm³/mol. The Morgan fingerprint density at radius 1 is 1.05 bits per heavy atom. The van der Waals surface area contributed by atoms with E-state index in [-0.39, 0.29) is 41.7 Å². The van der Waals surface area contributed by atoms with Crippen molar-refractivity contribution in [3.05, 3.63) is 51.4 Å². The van der Waals surface area contributed by atoms with Crippen molar-refractivity contribution in [2.45, 2.75) is 58.5 Å². The van der Waals surface area contributed by atoms with Gasteiger partial charge in [0.1, 0.15) is 10.9 Å². The molecule has 3 heterocycles. The Kier molecular flexibility index (Phi) is 10.3. The average molecular weight is 584 g/mol. The molecule has 2 aromatic heterocycles. The second kappa shape index (κ2) is 14.1. The molecule has 0 spiro atoms. The zero-order valence-electron chi connectivity index (χ0n) is 23.4. The molecule has 4 N–H and O–H groups in total. The smallest absolute Gasteiger partial charge is 0.326 e. The van der Waals surface area contributed by atoms with Crippen LogP contribution in [0.4, 0.5) is 0 Å². The van der Waals surface area contributed by atoms with Gasteiger partial charge in [0.05, 0.1) is 11.0 Å². The molecule has 1 aliphatic heterocycles. The van der Waals surface area contributed by atoms with E-state index in [4.69, 9.17) is 0 Å². The quantitative estimate of drug-likeness (QED) is 0.369.